The molecule has 1 rings (SSSR count). The predicted octanol–water partition coefficient (Wildman–Crippen LogP) is 2.84. The van der Waals surface area contributed by atoms with Gasteiger partial charge in [-0.3, -0.25) is 14.4 Å². The van der Waals surface area contributed by atoms with E-state index in [1.54, 1.807) is 6.92 Å². The van der Waals surface area contributed by atoms with Crippen LogP contribution < -0.4 is 0 Å². The van der Waals surface area contributed by atoms with Crippen LogP contribution >= 0.6 is 0 Å². The van der Waals surface area contributed by atoms with Crippen LogP contribution in [0.25, 0.3) is 0 Å². The second-order valence-corrected chi connectivity index (χ2v) is 9.46. The Hall–Kier alpha value is -4.00. The Bertz CT molecular complexity index is 973. The molecule has 13 nitrogen and oxygen atoms in total. The number of carbonyl (C=O) groups is 6. The Morgan fingerprint density at radius 2 is 0.977 bits per heavy atom. The van der Waals surface area contributed by atoms with Crippen LogP contribution in [0, 0.1) is 0 Å². The summed E-state index contributed by atoms with van der Waals surface area (Å²) in [6.07, 6.45) is 1.51. The maximum absolute atomic E-state index is 12.7. The maximum atomic E-state index is 12.7. The van der Waals surface area contributed by atoms with E-state index in [4.69, 9.17) is 33.2 Å². The van der Waals surface area contributed by atoms with Crippen molar-refractivity contribution in [2.45, 2.75) is 89.1 Å². The summed E-state index contributed by atoms with van der Waals surface area (Å²) >= 11 is 0. The fraction of sp³-hybridized carbons (Fsp3) is 0.600. The van der Waals surface area contributed by atoms with Gasteiger partial charge in [-0.05, 0) is 45.4 Å². The molecule has 0 N–H and O–H groups in total. The minimum absolute atomic E-state index is 0.000162. The van der Waals surface area contributed by atoms with Gasteiger partial charge in [-0.15, -0.1) is 0 Å². The molecule has 1 aliphatic heterocycles. The first-order chi connectivity index (χ1) is 20.6. The van der Waals surface area contributed by atoms with E-state index in [0.717, 1.165) is 18.2 Å². The highest BCUT2D eigenvalue weighted by molar-refractivity contribution is 5.81. The van der Waals surface area contributed by atoms with Gasteiger partial charge in [-0.25, -0.2) is 14.4 Å². The van der Waals surface area contributed by atoms with E-state index in [9.17, 15) is 28.8 Å². The van der Waals surface area contributed by atoms with E-state index in [-0.39, 0.29) is 45.7 Å². The normalized spacial score (nSPS) is 19.2. The van der Waals surface area contributed by atoms with Gasteiger partial charge in [-0.1, -0.05) is 19.7 Å². The molecular formula is C30H42O13. The Kier molecular flexibility index (Phi) is 18.7. The number of unbranched alkanes of at least 4 members (excludes halogenated alkanes) is 3. The van der Waals surface area contributed by atoms with Gasteiger partial charge in [0, 0.05) is 37.5 Å². The molecule has 1 saturated heterocycles. The van der Waals surface area contributed by atoms with Gasteiger partial charge in [0.1, 0.15) is 0 Å². The summed E-state index contributed by atoms with van der Waals surface area (Å²) in [6.45, 7) is 11.8. The first kappa shape index (κ1) is 37.0. The number of hydrogen-bond donors (Lipinski definition) is 0. The first-order valence-electron chi connectivity index (χ1n) is 14.2. The van der Waals surface area contributed by atoms with Crippen LogP contribution in [0.15, 0.2) is 38.0 Å². The largest absolute Gasteiger partial charge is 0.463 e. The molecule has 43 heavy (non-hydrogen) atoms. The number of ether oxygens (including phenoxy) is 7. The topological polar surface area (TPSA) is 167 Å². The fourth-order valence-corrected chi connectivity index (χ4v) is 3.78. The zero-order chi connectivity index (χ0) is 32.0. The lowest BCUT2D eigenvalue weighted by molar-refractivity contribution is -0.225. The van der Waals surface area contributed by atoms with Gasteiger partial charge in [0.2, 0.25) is 0 Å². The lowest BCUT2D eigenvalue weighted by Gasteiger charge is -2.39. The molecule has 0 amide bonds. The van der Waals surface area contributed by atoms with Crippen molar-refractivity contribution in [3.8, 4) is 0 Å². The molecule has 13 heteroatoms. The van der Waals surface area contributed by atoms with Crippen LogP contribution in [-0.4, -0.2) is 86.7 Å². The van der Waals surface area contributed by atoms with Gasteiger partial charge in [-0.2, -0.15) is 0 Å². The standard InChI is InChI=1S/C30H42O13/c1-5-23(31)37-17-11-8-14-26(34)41-22-20-40-21(4)29(42-27(35)15-9-12-18-38-24(32)6-2)30(22)43-28(36)16-10-13-19-39-25(33)7-3/h5-7,21-22,29-30H,1-3,8-20H2,4H3/t21?,22-,29+,30+/m1/s1. The molecule has 0 bridgehead atoms. The monoisotopic (exact) mass is 610 g/mol. The van der Waals surface area contributed by atoms with Gasteiger partial charge in [0.15, 0.2) is 18.3 Å². The fourth-order valence-electron chi connectivity index (χ4n) is 3.78. The van der Waals surface area contributed by atoms with Crippen molar-refractivity contribution < 1.29 is 61.9 Å². The minimum atomic E-state index is -1.13. The SMILES string of the molecule is C=CC(=O)OCCCCC(=O)O[C@H]1[C@H](OC(=O)CCCCOC(=O)C=C)COC(C)[C@@H]1OC(=O)CCCCOC(=O)C=C. The molecule has 1 aliphatic rings. The second-order valence-electron chi connectivity index (χ2n) is 9.46. The summed E-state index contributed by atoms with van der Waals surface area (Å²) in [6, 6.07) is 0. The summed E-state index contributed by atoms with van der Waals surface area (Å²) in [5, 5.41) is 0. The van der Waals surface area contributed by atoms with Crippen molar-refractivity contribution in [2.24, 2.45) is 0 Å². The molecule has 0 spiro atoms. The van der Waals surface area contributed by atoms with Crippen LogP contribution in [0.4, 0.5) is 0 Å². The zero-order valence-corrected chi connectivity index (χ0v) is 24.7. The molecule has 1 fully saturated rings. The summed E-state index contributed by atoms with van der Waals surface area (Å²) in [4.78, 5) is 71.3. The molecule has 0 aromatic heterocycles. The Morgan fingerprint density at radius 3 is 1.37 bits per heavy atom. The predicted molar refractivity (Wildman–Crippen MR) is 150 cm³/mol. The Balaban J connectivity index is 2.77. The average molecular weight is 611 g/mol. The van der Waals surface area contributed by atoms with Crippen molar-refractivity contribution in [1.29, 1.82) is 0 Å². The van der Waals surface area contributed by atoms with Crippen LogP contribution in [0.5, 0.6) is 0 Å². The molecule has 0 aliphatic carbocycles. The molecule has 0 aromatic rings. The van der Waals surface area contributed by atoms with E-state index < -0.39 is 60.2 Å². The highest BCUT2D eigenvalue weighted by atomic mass is 16.6. The van der Waals surface area contributed by atoms with E-state index in [0.29, 0.717) is 38.5 Å². The van der Waals surface area contributed by atoms with E-state index >= 15 is 0 Å². The van der Waals surface area contributed by atoms with Crippen LogP contribution in [0.3, 0.4) is 0 Å². The molecule has 0 radical (unpaired) electrons. The highest BCUT2D eigenvalue weighted by Crippen LogP contribution is 2.25. The van der Waals surface area contributed by atoms with Gasteiger partial charge in [0.05, 0.1) is 32.5 Å². The number of hydrogen-bond acceptors (Lipinski definition) is 13. The van der Waals surface area contributed by atoms with Crippen LogP contribution in [-0.2, 0) is 61.9 Å². The molecule has 4 atom stereocenters. The lowest BCUT2D eigenvalue weighted by atomic mass is 10.00. The minimum Gasteiger partial charge on any atom is -0.463 e. The lowest BCUT2D eigenvalue weighted by Crippen LogP contribution is -2.56. The number of esters is 6. The van der Waals surface area contributed by atoms with Crippen LogP contribution in [0.2, 0.25) is 0 Å². The van der Waals surface area contributed by atoms with Gasteiger partial charge in [0.25, 0.3) is 0 Å². The van der Waals surface area contributed by atoms with Crippen molar-refractivity contribution in [3.05, 3.63) is 38.0 Å². The molecular weight excluding hydrogens is 568 g/mol. The van der Waals surface area contributed by atoms with Gasteiger partial charge < -0.3 is 33.2 Å². The summed E-state index contributed by atoms with van der Waals surface area (Å²) in [5.41, 5.74) is 0. The molecule has 1 heterocycles. The number of carbonyl (C=O) groups excluding carboxylic acids is 6. The summed E-state index contributed by atoms with van der Waals surface area (Å²) in [7, 11) is 0. The smallest absolute Gasteiger partial charge is 0.330 e. The van der Waals surface area contributed by atoms with Crippen molar-refractivity contribution in [3.63, 3.8) is 0 Å². The van der Waals surface area contributed by atoms with E-state index in [2.05, 4.69) is 19.7 Å². The molecule has 0 aromatic carbocycles. The third-order valence-corrected chi connectivity index (χ3v) is 6.05. The quantitative estimate of drug-likeness (QED) is 0.0806. The third-order valence-electron chi connectivity index (χ3n) is 6.05. The molecule has 0 saturated carbocycles. The Morgan fingerprint density at radius 1 is 0.605 bits per heavy atom. The van der Waals surface area contributed by atoms with Crippen molar-refractivity contribution >= 4 is 35.8 Å². The Labute approximate surface area is 251 Å². The van der Waals surface area contributed by atoms with Gasteiger partial charge >= 0.3 is 35.8 Å². The molecule has 1 unspecified atom stereocenters. The zero-order valence-electron chi connectivity index (χ0n) is 24.7. The summed E-state index contributed by atoms with van der Waals surface area (Å²) in [5.74, 6) is -3.50. The third kappa shape index (κ3) is 16.3. The second kappa shape index (κ2) is 21.7. The van der Waals surface area contributed by atoms with Crippen molar-refractivity contribution in [2.75, 3.05) is 26.4 Å². The van der Waals surface area contributed by atoms with E-state index in [1.165, 1.54) is 0 Å². The average Bonchev–Trinajstić information content (AvgIpc) is 2.99. The van der Waals surface area contributed by atoms with Crippen LogP contribution in [0.1, 0.15) is 64.7 Å². The highest BCUT2D eigenvalue weighted by Gasteiger charge is 2.45. The van der Waals surface area contributed by atoms with E-state index in [1.807, 2.05) is 0 Å². The maximum Gasteiger partial charge on any atom is 0.330 e. The summed E-state index contributed by atoms with van der Waals surface area (Å²) < 4.78 is 37.2. The van der Waals surface area contributed by atoms with Crippen molar-refractivity contribution in [1.82, 2.24) is 0 Å². The number of rotatable bonds is 21. The first-order valence-corrected chi connectivity index (χ1v) is 14.2. The molecule has 240 valence electrons.